The van der Waals surface area contributed by atoms with Gasteiger partial charge in [-0.2, -0.15) is 5.06 Å². The number of imide groups is 1. The SMILES string of the molecule is CCOC(=O)C1C(=O)N(O)C(=O)c2ccc(OC)nc21. The molecular formula is C12H12N2O6. The normalized spacial score (nSPS) is 17.8. The maximum absolute atomic E-state index is 11.9. The summed E-state index contributed by atoms with van der Waals surface area (Å²) in [4.78, 5) is 39.5. The minimum Gasteiger partial charge on any atom is -0.481 e. The lowest BCUT2D eigenvalue weighted by Gasteiger charge is -2.26. The Balaban J connectivity index is 2.57. The Labute approximate surface area is 113 Å². The quantitative estimate of drug-likeness (QED) is 0.362. The third-order valence-corrected chi connectivity index (χ3v) is 2.78. The first-order chi connectivity index (χ1) is 9.51. The Hall–Kier alpha value is -2.48. The van der Waals surface area contributed by atoms with Crippen molar-refractivity contribution in [2.45, 2.75) is 12.8 Å². The van der Waals surface area contributed by atoms with E-state index in [1.807, 2.05) is 0 Å². The van der Waals surface area contributed by atoms with Crippen molar-refractivity contribution < 1.29 is 29.1 Å². The molecule has 8 heteroatoms. The smallest absolute Gasteiger partial charge is 0.324 e. The van der Waals surface area contributed by atoms with Crippen LogP contribution in [0.25, 0.3) is 0 Å². The van der Waals surface area contributed by atoms with Crippen LogP contribution in [0.2, 0.25) is 0 Å². The van der Waals surface area contributed by atoms with Crippen molar-refractivity contribution in [3.8, 4) is 5.88 Å². The summed E-state index contributed by atoms with van der Waals surface area (Å²) in [5, 5.41) is 9.38. The van der Waals surface area contributed by atoms with Crippen molar-refractivity contribution in [3.05, 3.63) is 23.4 Å². The molecule has 1 aromatic rings. The second kappa shape index (κ2) is 5.25. The first kappa shape index (κ1) is 13.9. The highest BCUT2D eigenvalue weighted by Gasteiger charge is 2.45. The molecule has 1 unspecified atom stereocenters. The number of hydroxylamine groups is 2. The minimum atomic E-state index is -1.48. The second-order valence-electron chi connectivity index (χ2n) is 3.93. The van der Waals surface area contributed by atoms with E-state index in [9.17, 15) is 19.6 Å². The molecule has 1 aromatic heterocycles. The van der Waals surface area contributed by atoms with E-state index in [0.29, 0.717) is 0 Å². The fourth-order valence-corrected chi connectivity index (χ4v) is 1.86. The maximum Gasteiger partial charge on any atom is 0.324 e. The number of carbonyl (C=O) groups is 3. The lowest BCUT2D eigenvalue weighted by Crippen LogP contribution is -2.46. The van der Waals surface area contributed by atoms with E-state index in [1.54, 1.807) is 6.92 Å². The van der Waals surface area contributed by atoms with E-state index in [4.69, 9.17) is 9.47 Å². The van der Waals surface area contributed by atoms with Gasteiger partial charge in [0.1, 0.15) is 0 Å². The van der Waals surface area contributed by atoms with Gasteiger partial charge in [-0.15, -0.1) is 0 Å². The zero-order chi connectivity index (χ0) is 14.9. The molecule has 1 aliphatic heterocycles. The number of nitrogens with zero attached hydrogens (tertiary/aromatic N) is 2. The molecule has 0 aliphatic carbocycles. The molecule has 0 saturated carbocycles. The van der Waals surface area contributed by atoms with Crippen molar-refractivity contribution >= 4 is 17.8 Å². The van der Waals surface area contributed by atoms with Crippen molar-refractivity contribution in [3.63, 3.8) is 0 Å². The van der Waals surface area contributed by atoms with Gasteiger partial charge in [0.15, 0.2) is 5.92 Å². The van der Waals surface area contributed by atoms with Crippen LogP contribution in [-0.2, 0) is 14.3 Å². The standard InChI is InChI=1S/C12H12N2O6/c1-3-20-12(17)8-9-6(4-5-7(13-9)19-2)10(15)14(18)11(8)16/h4-5,8,18H,3H2,1-2H3. The predicted octanol–water partition coefficient (Wildman–Crippen LogP) is 0.109. The summed E-state index contributed by atoms with van der Waals surface area (Å²) >= 11 is 0. The summed E-state index contributed by atoms with van der Waals surface area (Å²) in [5.74, 6) is -4.26. The van der Waals surface area contributed by atoms with Crippen LogP contribution >= 0.6 is 0 Å². The predicted molar refractivity (Wildman–Crippen MR) is 63.1 cm³/mol. The number of pyridine rings is 1. The molecule has 106 valence electrons. The summed E-state index contributed by atoms with van der Waals surface area (Å²) in [6.07, 6.45) is 0. The molecule has 2 heterocycles. The first-order valence-electron chi connectivity index (χ1n) is 5.80. The molecule has 2 rings (SSSR count). The average Bonchev–Trinajstić information content (AvgIpc) is 2.45. The summed E-state index contributed by atoms with van der Waals surface area (Å²) in [6, 6.07) is 2.72. The topological polar surface area (TPSA) is 106 Å². The van der Waals surface area contributed by atoms with Gasteiger partial charge >= 0.3 is 5.97 Å². The fraction of sp³-hybridized carbons (Fsp3) is 0.333. The lowest BCUT2D eigenvalue weighted by atomic mass is 9.94. The number of hydrogen-bond acceptors (Lipinski definition) is 7. The number of ether oxygens (including phenoxy) is 2. The number of amides is 2. The van der Waals surface area contributed by atoms with Gasteiger partial charge < -0.3 is 9.47 Å². The van der Waals surface area contributed by atoms with Crippen molar-refractivity contribution in [1.82, 2.24) is 10.0 Å². The van der Waals surface area contributed by atoms with E-state index >= 15 is 0 Å². The van der Waals surface area contributed by atoms with E-state index in [0.717, 1.165) is 0 Å². The molecule has 1 N–H and O–H groups in total. The number of rotatable bonds is 3. The van der Waals surface area contributed by atoms with Crippen LogP contribution in [-0.4, -0.2) is 46.8 Å². The average molecular weight is 280 g/mol. The molecule has 0 aromatic carbocycles. The molecule has 1 aliphatic rings. The van der Waals surface area contributed by atoms with Crippen molar-refractivity contribution in [2.75, 3.05) is 13.7 Å². The Bertz CT molecular complexity index is 585. The van der Waals surface area contributed by atoms with Crippen LogP contribution in [0.15, 0.2) is 12.1 Å². The Morgan fingerprint density at radius 1 is 1.45 bits per heavy atom. The summed E-state index contributed by atoms with van der Waals surface area (Å²) in [7, 11) is 1.36. The zero-order valence-electron chi connectivity index (χ0n) is 10.8. The van der Waals surface area contributed by atoms with Gasteiger partial charge in [0.05, 0.1) is 25.0 Å². The molecule has 0 saturated heterocycles. The molecule has 0 bridgehead atoms. The van der Waals surface area contributed by atoms with E-state index in [-0.39, 0.29) is 28.8 Å². The van der Waals surface area contributed by atoms with Gasteiger partial charge in [-0.1, -0.05) is 0 Å². The highest BCUT2D eigenvalue weighted by Crippen LogP contribution is 2.29. The van der Waals surface area contributed by atoms with Gasteiger partial charge in [-0.05, 0) is 13.0 Å². The maximum atomic E-state index is 11.9. The van der Waals surface area contributed by atoms with Gasteiger partial charge in [-0.3, -0.25) is 19.6 Å². The summed E-state index contributed by atoms with van der Waals surface area (Å²) in [6.45, 7) is 1.63. The van der Waals surface area contributed by atoms with E-state index in [1.165, 1.54) is 19.2 Å². The highest BCUT2D eigenvalue weighted by molar-refractivity contribution is 6.16. The summed E-state index contributed by atoms with van der Waals surface area (Å²) in [5.41, 5.74) is -0.131. The van der Waals surface area contributed by atoms with Crippen molar-refractivity contribution in [2.24, 2.45) is 0 Å². The van der Waals surface area contributed by atoms with Gasteiger partial charge in [0, 0.05) is 6.07 Å². The van der Waals surface area contributed by atoms with Gasteiger partial charge in [0.25, 0.3) is 11.8 Å². The number of methoxy groups -OCH3 is 1. The Kier molecular flexibility index (Phi) is 3.66. The van der Waals surface area contributed by atoms with E-state index < -0.39 is 23.7 Å². The molecule has 0 radical (unpaired) electrons. The monoisotopic (exact) mass is 280 g/mol. The molecular weight excluding hydrogens is 268 g/mol. The zero-order valence-corrected chi connectivity index (χ0v) is 10.8. The van der Waals surface area contributed by atoms with Crippen LogP contribution in [0.4, 0.5) is 0 Å². The summed E-state index contributed by atoms with van der Waals surface area (Å²) < 4.78 is 9.68. The highest BCUT2D eigenvalue weighted by atomic mass is 16.5. The third kappa shape index (κ3) is 2.10. The molecule has 8 nitrogen and oxygen atoms in total. The van der Waals surface area contributed by atoms with Gasteiger partial charge in [0.2, 0.25) is 5.88 Å². The Morgan fingerprint density at radius 3 is 2.75 bits per heavy atom. The number of fused-ring (bicyclic) bond motifs is 1. The number of aromatic nitrogens is 1. The van der Waals surface area contributed by atoms with Crippen LogP contribution in [0.5, 0.6) is 5.88 Å². The minimum absolute atomic E-state index is 0.0500. The fourth-order valence-electron chi connectivity index (χ4n) is 1.86. The molecule has 1 atom stereocenters. The van der Waals surface area contributed by atoms with Crippen molar-refractivity contribution in [1.29, 1.82) is 0 Å². The van der Waals surface area contributed by atoms with E-state index in [2.05, 4.69) is 4.98 Å². The van der Waals surface area contributed by atoms with Gasteiger partial charge in [-0.25, -0.2) is 4.98 Å². The molecule has 0 spiro atoms. The van der Waals surface area contributed by atoms with Crippen LogP contribution < -0.4 is 4.74 Å². The van der Waals surface area contributed by atoms with Crippen LogP contribution in [0.3, 0.4) is 0 Å². The lowest BCUT2D eigenvalue weighted by molar-refractivity contribution is -0.164. The molecule has 0 fully saturated rings. The van der Waals surface area contributed by atoms with Crippen LogP contribution in [0, 0.1) is 0 Å². The first-order valence-corrected chi connectivity index (χ1v) is 5.80. The third-order valence-electron chi connectivity index (χ3n) is 2.78. The van der Waals surface area contributed by atoms with Crippen LogP contribution in [0.1, 0.15) is 28.9 Å². The number of esters is 1. The molecule has 2 amide bonds. The largest absolute Gasteiger partial charge is 0.481 e. The Morgan fingerprint density at radius 2 is 2.15 bits per heavy atom. The second-order valence-corrected chi connectivity index (χ2v) is 3.93. The molecule has 20 heavy (non-hydrogen) atoms. The number of hydrogen-bond donors (Lipinski definition) is 1. The number of carbonyl (C=O) groups excluding carboxylic acids is 3.